The Kier molecular flexibility index (Phi) is 5.48. The van der Waals surface area contributed by atoms with Crippen LogP contribution in [0.5, 0.6) is 5.75 Å². The van der Waals surface area contributed by atoms with E-state index in [0.717, 1.165) is 16.7 Å². The first kappa shape index (κ1) is 17.6. The second-order valence-corrected chi connectivity index (χ2v) is 6.86. The number of amides is 2. The highest BCUT2D eigenvalue weighted by Gasteiger charge is 2.36. The van der Waals surface area contributed by atoms with Gasteiger partial charge in [0.1, 0.15) is 12.3 Å². The molecular formula is C15H14BrNO5S. The molecule has 0 bridgehead atoms. The lowest BCUT2D eigenvalue weighted by Crippen LogP contribution is -2.35. The number of phenols is 1. The van der Waals surface area contributed by atoms with E-state index in [0.29, 0.717) is 10.0 Å². The molecule has 1 aliphatic rings. The highest BCUT2D eigenvalue weighted by atomic mass is 79.9. The molecule has 23 heavy (non-hydrogen) atoms. The van der Waals surface area contributed by atoms with Crippen molar-refractivity contribution in [3.63, 3.8) is 0 Å². The summed E-state index contributed by atoms with van der Waals surface area (Å²) in [6.07, 6.45) is 1.22. The van der Waals surface area contributed by atoms with Crippen LogP contribution in [-0.4, -0.2) is 39.8 Å². The molecule has 0 saturated carbocycles. The third kappa shape index (κ3) is 4.35. The number of carbonyl (C=O) groups excluding carboxylic acids is 3. The summed E-state index contributed by atoms with van der Waals surface area (Å²) in [5.41, 5.74) is 0.643. The van der Waals surface area contributed by atoms with E-state index in [4.69, 9.17) is 4.74 Å². The highest BCUT2D eigenvalue weighted by molar-refractivity contribution is 9.10. The largest absolute Gasteiger partial charge is 0.507 e. The molecule has 0 aliphatic carbocycles. The summed E-state index contributed by atoms with van der Waals surface area (Å²) in [4.78, 5) is 36.8. The molecule has 1 fully saturated rings. The van der Waals surface area contributed by atoms with Gasteiger partial charge in [-0.25, -0.2) is 0 Å². The van der Waals surface area contributed by atoms with Gasteiger partial charge >= 0.3 is 5.97 Å². The summed E-state index contributed by atoms with van der Waals surface area (Å²) in [6.45, 7) is 2.97. The van der Waals surface area contributed by atoms with Crippen molar-refractivity contribution in [3.8, 4) is 5.75 Å². The fourth-order valence-corrected chi connectivity index (χ4v) is 3.06. The minimum Gasteiger partial charge on any atom is -0.507 e. The molecule has 6 nitrogen and oxygen atoms in total. The second kappa shape index (κ2) is 7.18. The number of phenolic OH excluding ortho intramolecular Hbond substituents is 1. The lowest BCUT2D eigenvalue weighted by Gasteiger charge is -2.13. The minimum atomic E-state index is -0.629. The first-order chi connectivity index (χ1) is 10.8. The molecule has 0 aromatic heterocycles. The summed E-state index contributed by atoms with van der Waals surface area (Å²) in [5, 5.41) is 8.94. The molecule has 8 heteroatoms. The van der Waals surface area contributed by atoms with Crippen LogP contribution < -0.4 is 0 Å². The highest BCUT2D eigenvalue weighted by Crippen LogP contribution is 2.33. The van der Waals surface area contributed by atoms with Crippen molar-refractivity contribution >= 4 is 50.9 Å². The molecule has 2 rings (SSSR count). The molecule has 1 saturated heterocycles. The van der Waals surface area contributed by atoms with Crippen molar-refractivity contribution in [2.45, 2.75) is 20.0 Å². The SMILES string of the molecule is CC(C)OC(=O)CN1C(=O)S/C(=C/c2ccc(O)c(Br)c2)C1=O. The third-order valence-electron chi connectivity index (χ3n) is 2.80. The van der Waals surface area contributed by atoms with Crippen molar-refractivity contribution < 1.29 is 24.2 Å². The molecule has 2 amide bonds. The summed E-state index contributed by atoms with van der Waals surface area (Å²) < 4.78 is 5.42. The molecule has 1 aromatic rings. The number of hydrogen-bond donors (Lipinski definition) is 1. The van der Waals surface area contributed by atoms with Gasteiger partial charge in [0.05, 0.1) is 15.5 Å². The number of hydrogen-bond acceptors (Lipinski definition) is 6. The van der Waals surface area contributed by atoms with Crippen LogP contribution in [0.1, 0.15) is 19.4 Å². The number of benzene rings is 1. The predicted octanol–water partition coefficient (Wildman–Crippen LogP) is 3.14. The zero-order valence-electron chi connectivity index (χ0n) is 12.4. The van der Waals surface area contributed by atoms with Crippen molar-refractivity contribution in [3.05, 3.63) is 33.1 Å². The molecular weight excluding hydrogens is 386 g/mol. The van der Waals surface area contributed by atoms with Crippen LogP contribution in [0.3, 0.4) is 0 Å². The van der Waals surface area contributed by atoms with Crippen molar-refractivity contribution in [2.24, 2.45) is 0 Å². The topological polar surface area (TPSA) is 83.9 Å². The van der Waals surface area contributed by atoms with Gasteiger partial charge in [-0.05, 0) is 65.3 Å². The quantitative estimate of drug-likeness (QED) is 0.618. The molecule has 0 atom stereocenters. The predicted molar refractivity (Wildman–Crippen MR) is 89.7 cm³/mol. The van der Waals surface area contributed by atoms with E-state index < -0.39 is 23.7 Å². The smallest absolute Gasteiger partial charge is 0.326 e. The van der Waals surface area contributed by atoms with Gasteiger partial charge in [-0.1, -0.05) is 6.07 Å². The summed E-state index contributed by atoms with van der Waals surface area (Å²) >= 11 is 3.94. The van der Waals surface area contributed by atoms with Crippen molar-refractivity contribution in [1.29, 1.82) is 0 Å². The van der Waals surface area contributed by atoms with Crippen LogP contribution in [0.25, 0.3) is 6.08 Å². The van der Waals surface area contributed by atoms with Crippen LogP contribution in [0.4, 0.5) is 4.79 Å². The molecule has 1 heterocycles. The van der Waals surface area contributed by atoms with Gasteiger partial charge < -0.3 is 9.84 Å². The van der Waals surface area contributed by atoms with Gasteiger partial charge in [-0.15, -0.1) is 0 Å². The Morgan fingerprint density at radius 3 is 2.74 bits per heavy atom. The fourth-order valence-electron chi connectivity index (χ4n) is 1.83. The Morgan fingerprint density at radius 2 is 2.13 bits per heavy atom. The maximum absolute atomic E-state index is 12.2. The van der Waals surface area contributed by atoms with Crippen molar-refractivity contribution in [2.75, 3.05) is 6.54 Å². The van der Waals surface area contributed by atoms with Crippen molar-refractivity contribution in [1.82, 2.24) is 4.90 Å². The van der Waals surface area contributed by atoms with Crippen LogP contribution in [-0.2, 0) is 14.3 Å². The Morgan fingerprint density at radius 1 is 1.43 bits per heavy atom. The maximum Gasteiger partial charge on any atom is 0.326 e. The summed E-state index contributed by atoms with van der Waals surface area (Å²) in [7, 11) is 0. The lowest BCUT2D eigenvalue weighted by molar-refractivity contribution is -0.149. The summed E-state index contributed by atoms with van der Waals surface area (Å²) in [5.74, 6) is -1.09. The first-order valence-electron chi connectivity index (χ1n) is 6.71. The molecule has 1 N–H and O–H groups in total. The second-order valence-electron chi connectivity index (χ2n) is 5.02. The van der Waals surface area contributed by atoms with Crippen LogP contribution in [0.15, 0.2) is 27.6 Å². The Balaban J connectivity index is 2.15. The molecule has 0 radical (unpaired) electrons. The maximum atomic E-state index is 12.2. The first-order valence-corrected chi connectivity index (χ1v) is 8.32. The molecule has 1 aromatic carbocycles. The molecule has 0 spiro atoms. The van der Waals surface area contributed by atoms with E-state index >= 15 is 0 Å². The van der Waals surface area contributed by atoms with E-state index in [1.807, 2.05) is 0 Å². The number of ether oxygens (including phenoxy) is 1. The zero-order chi connectivity index (χ0) is 17.1. The van der Waals surface area contributed by atoms with Crippen LogP contribution in [0.2, 0.25) is 0 Å². The van der Waals surface area contributed by atoms with Gasteiger partial charge in [0.2, 0.25) is 0 Å². The van der Waals surface area contributed by atoms with E-state index in [-0.39, 0.29) is 16.8 Å². The molecule has 0 unspecified atom stereocenters. The Labute approximate surface area is 145 Å². The minimum absolute atomic E-state index is 0.0756. The van der Waals surface area contributed by atoms with E-state index in [2.05, 4.69) is 15.9 Å². The number of halogens is 1. The lowest BCUT2D eigenvalue weighted by atomic mass is 10.2. The van der Waals surface area contributed by atoms with Gasteiger partial charge in [-0.2, -0.15) is 0 Å². The third-order valence-corrected chi connectivity index (χ3v) is 4.34. The van der Waals surface area contributed by atoms with Gasteiger partial charge in [0, 0.05) is 0 Å². The average Bonchev–Trinajstić information content (AvgIpc) is 2.70. The number of carbonyl (C=O) groups is 3. The van der Waals surface area contributed by atoms with Gasteiger partial charge in [-0.3, -0.25) is 19.3 Å². The summed E-state index contributed by atoms with van der Waals surface area (Å²) in [6, 6.07) is 4.71. The number of nitrogens with zero attached hydrogens (tertiary/aromatic N) is 1. The van der Waals surface area contributed by atoms with E-state index in [1.54, 1.807) is 26.0 Å². The normalized spacial score (nSPS) is 16.5. The molecule has 1 aliphatic heterocycles. The average molecular weight is 400 g/mol. The fraction of sp³-hybridized carbons (Fsp3) is 0.267. The standard InChI is InChI=1S/C15H14BrNO5S/c1-8(2)22-13(19)7-17-14(20)12(23-15(17)21)6-9-3-4-11(18)10(16)5-9/h3-6,8,18H,7H2,1-2H3/b12-6+. The van der Waals surface area contributed by atoms with Gasteiger partial charge in [0.25, 0.3) is 11.1 Å². The number of imide groups is 1. The zero-order valence-corrected chi connectivity index (χ0v) is 14.8. The van der Waals surface area contributed by atoms with Crippen LogP contribution >= 0.6 is 27.7 Å². The van der Waals surface area contributed by atoms with Crippen LogP contribution in [0, 0.1) is 0 Å². The number of esters is 1. The monoisotopic (exact) mass is 399 g/mol. The number of rotatable bonds is 4. The van der Waals surface area contributed by atoms with E-state index in [9.17, 15) is 19.5 Å². The molecule has 122 valence electrons. The number of thioether (sulfide) groups is 1. The number of aromatic hydroxyl groups is 1. The van der Waals surface area contributed by atoms with Gasteiger partial charge in [0.15, 0.2) is 0 Å². The Bertz CT molecular complexity index is 701. The van der Waals surface area contributed by atoms with E-state index in [1.165, 1.54) is 12.1 Å². The Hall–Kier alpha value is -1.80.